The van der Waals surface area contributed by atoms with Crippen molar-refractivity contribution in [3.8, 4) is 5.75 Å². The van der Waals surface area contributed by atoms with E-state index >= 15 is 0 Å². The Morgan fingerprint density at radius 1 is 0.810 bits per heavy atom. The molecule has 0 radical (unpaired) electrons. The van der Waals surface area contributed by atoms with E-state index in [1.807, 2.05) is 43.3 Å². The molecule has 0 atom stereocenters. The second-order valence-corrected chi connectivity index (χ2v) is 12.6. The van der Waals surface area contributed by atoms with Crippen molar-refractivity contribution in [2.24, 2.45) is 0 Å². The number of aryl methyl sites for hydroxylation is 1. The normalized spacial score (nSPS) is 11.7. The highest BCUT2D eigenvalue weighted by Crippen LogP contribution is 2.27. The van der Waals surface area contributed by atoms with Gasteiger partial charge in [-0.2, -0.15) is 4.31 Å². The van der Waals surface area contributed by atoms with Crippen LogP contribution in [0.25, 0.3) is 21.8 Å². The highest BCUT2D eigenvalue weighted by Gasteiger charge is 2.24. The van der Waals surface area contributed by atoms with Gasteiger partial charge in [0.15, 0.2) is 0 Å². The van der Waals surface area contributed by atoms with Gasteiger partial charge in [-0.05, 0) is 86.1 Å². The van der Waals surface area contributed by atoms with Crippen molar-refractivity contribution in [2.45, 2.75) is 18.2 Å². The fraction of sp³-hybridized carbons (Fsp3) is 0.226. The van der Waals surface area contributed by atoms with Gasteiger partial charge >= 0.3 is 0 Å². The number of pyridine rings is 2. The summed E-state index contributed by atoms with van der Waals surface area (Å²) < 4.78 is 34.2. The average Bonchev–Trinajstić information content (AvgIpc) is 2.98. The highest BCUT2D eigenvalue weighted by atomic mass is 35.5. The number of sulfonamides is 1. The Morgan fingerprint density at radius 3 is 2.19 bits per heavy atom. The Labute approximate surface area is 255 Å². The van der Waals surface area contributed by atoms with Crippen LogP contribution >= 0.6 is 23.2 Å². The summed E-state index contributed by atoms with van der Waals surface area (Å²) in [5.41, 5.74) is 4.25. The van der Waals surface area contributed by atoms with Gasteiger partial charge in [0.2, 0.25) is 10.0 Å². The molecule has 42 heavy (non-hydrogen) atoms. The number of methoxy groups -OCH3 is 1. The van der Waals surface area contributed by atoms with Crippen molar-refractivity contribution < 1.29 is 13.2 Å². The molecule has 0 saturated carbocycles. The van der Waals surface area contributed by atoms with E-state index in [1.165, 1.54) is 4.31 Å². The maximum atomic E-state index is 13.7. The summed E-state index contributed by atoms with van der Waals surface area (Å²) in [5.74, 6) is 0.592. The summed E-state index contributed by atoms with van der Waals surface area (Å²) >= 11 is 12.5. The zero-order valence-electron chi connectivity index (χ0n) is 23.3. The predicted molar refractivity (Wildman–Crippen MR) is 172 cm³/mol. The maximum absolute atomic E-state index is 13.7. The monoisotopic (exact) mass is 623 g/mol. The number of rotatable bonds is 12. The number of anilines is 2. The number of aromatic nitrogens is 2. The van der Waals surface area contributed by atoms with Crippen molar-refractivity contribution >= 4 is 66.4 Å². The minimum absolute atomic E-state index is 0.211. The number of fused-ring (bicyclic) bond motifs is 2. The van der Waals surface area contributed by atoms with Gasteiger partial charge < -0.3 is 15.4 Å². The Bertz CT molecular complexity index is 1820. The van der Waals surface area contributed by atoms with Crippen molar-refractivity contribution in [3.05, 3.63) is 94.7 Å². The average molecular weight is 625 g/mol. The molecule has 218 valence electrons. The summed E-state index contributed by atoms with van der Waals surface area (Å²) in [7, 11) is -2.23. The fourth-order valence-electron chi connectivity index (χ4n) is 4.79. The third-order valence-electron chi connectivity index (χ3n) is 6.88. The van der Waals surface area contributed by atoms with Gasteiger partial charge in [0.05, 0.1) is 23.0 Å². The van der Waals surface area contributed by atoms with Crippen LogP contribution in [0.1, 0.15) is 12.1 Å². The molecule has 3 aromatic carbocycles. The molecule has 2 aromatic heterocycles. The minimum atomic E-state index is -3.77. The molecule has 5 aromatic rings. The largest absolute Gasteiger partial charge is 0.497 e. The number of ether oxygens (including phenoxy) is 1. The molecule has 0 aliphatic carbocycles. The first kappa shape index (κ1) is 29.8. The van der Waals surface area contributed by atoms with E-state index in [0.29, 0.717) is 41.8 Å². The smallest absolute Gasteiger partial charge is 0.243 e. The van der Waals surface area contributed by atoms with Crippen molar-refractivity contribution in [1.29, 1.82) is 0 Å². The molecular weight excluding hydrogens is 593 g/mol. The molecule has 2 heterocycles. The second-order valence-electron chi connectivity index (χ2n) is 9.78. The molecule has 8 nitrogen and oxygen atoms in total. The van der Waals surface area contributed by atoms with E-state index < -0.39 is 10.0 Å². The number of benzene rings is 3. The Balaban J connectivity index is 1.31. The number of halogens is 2. The van der Waals surface area contributed by atoms with Crippen molar-refractivity contribution in [3.63, 3.8) is 0 Å². The van der Waals surface area contributed by atoms with Gasteiger partial charge in [-0.15, -0.1) is 0 Å². The summed E-state index contributed by atoms with van der Waals surface area (Å²) in [6, 6.07) is 21.4. The van der Waals surface area contributed by atoms with Crippen LogP contribution in [0.5, 0.6) is 5.75 Å². The van der Waals surface area contributed by atoms with Gasteiger partial charge in [-0.1, -0.05) is 23.2 Å². The topological polar surface area (TPSA) is 96.5 Å². The van der Waals surface area contributed by atoms with Crippen LogP contribution in [0, 0.1) is 6.92 Å². The van der Waals surface area contributed by atoms with E-state index in [9.17, 15) is 8.42 Å². The molecule has 0 aliphatic rings. The quantitative estimate of drug-likeness (QED) is 0.144. The van der Waals surface area contributed by atoms with Crippen LogP contribution in [0.2, 0.25) is 10.0 Å². The van der Waals surface area contributed by atoms with Gasteiger partial charge in [-0.3, -0.25) is 9.97 Å². The predicted octanol–water partition coefficient (Wildman–Crippen LogP) is 7.01. The molecule has 0 aliphatic heterocycles. The van der Waals surface area contributed by atoms with E-state index in [4.69, 9.17) is 27.9 Å². The summed E-state index contributed by atoms with van der Waals surface area (Å²) in [6.07, 6.45) is 2.31. The molecule has 11 heteroatoms. The van der Waals surface area contributed by atoms with E-state index in [-0.39, 0.29) is 11.4 Å². The molecule has 0 fully saturated rings. The highest BCUT2D eigenvalue weighted by molar-refractivity contribution is 7.89. The number of nitrogens with zero attached hydrogens (tertiary/aromatic N) is 3. The van der Waals surface area contributed by atoms with Gasteiger partial charge in [0.1, 0.15) is 5.75 Å². The van der Waals surface area contributed by atoms with E-state index in [2.05, 4.69) is 20.6 Å². The molecule has 0 spiro atoms. The van der Waals surface area contributed by atoms with Crippen LogP contribution in [-0.2, 0) is 10.0 Å². The van der Waals surface area contributed by atoms with Crippen LogP contribution in [0.15, 0.2) is 83.9 Å². The molecule has 0 saturated heterocycles. The lowest BCUT2D eigenvalue weighted by molar-refractivity contribution is 0.412. The van der Waals surface area contributed by atoms with Crippen LogP contribution < -0.4 is 15.4 Å². The van der Waals surface area contributed by atoms with Crippen LogP contribution in [0.4, 0.5) is 11.4 Å². The van der Waals surface area contributed by atoms with E-state index in [1.54, 1.807) is 49.7 Å². The number of hydrogen-bond donors (Lipinski definition) is 2. The minimum Gasteiger partial charge on any atom is -0.497 e. The molecule has 5 rings (SSSR count). The van der Waals surface area contributed by atoms with Gasteiger partial charge in [0, 0.05) is 70.3 Å². The first-order valence-corrected chi connectivity index (χ1v) is 15.7. The van der Waals surface area contributed by atoms with Crippen LogP contribution in [0.3, 0.4) is 0 Å². The third-order valence-corrected chi connectivity index (χ3v) is 9.26. The second kappa shape index (κ2) is 13.1. The summed E-state index contributed by atoms with van der Waals surface area (Å²) in [5, 5.41) is 9.86. The Morgan fingerprint density at radius 2 is 1.48 bits per heavy atom. The lowest BCUT2D eigenvalue weighted by Crippen LogP contribution is -2.36. The molecule has 0 unspecified atom stereocenters. The molecule has 2 N–H and O–H groups in total. The zero-order chi connectivity index (χ0) is 29.7. The maximum Gasteiger partial charge on any atom is 0.243 e. The van der Waals surface area contributed by atoms with Gasteiger partial charge in [-0.25, -0.2) is 8.42 Å². The summed E-state index contributed by atoms with van der Waals surface area (Å²) in [6.45, 7) is 3.44. The van der Waals surface area contributed by atoms with Crippen molar-refractivity contribution in [2.75, 3.05) is 43.9 Å². The van der Waals surface area contributed by atoms with Crippen LogP contribution in [-0.4, -0.2) is 56.0 Å². The number of hydrogen-bond acceptors (Lipinski definition) is 7. The first-order chi connectivity index (χ1) is 20.2. The lowest BCUT2D eigenvalue weighted by Gasteiger charge is -2.23. The molecule has 0 bridgehead atoms. The zero-order valence-corrected chi connectivity index (χ0v) is 25.6. The third kappa shape index (κ3) is 6.87. The fourth-order valence-corrected chi connectivity index (χ4v) is 6.62. The SMILES string of the molecule is COc1ccc(S(=O)(=O)N(CCCNc2ccnc3ccc(Cl)cc23)CCNc2cc(C)nc3ccc(Cl)cc23)cc1. The lowest BCUT2D eigenvalue weighted by atomic mass is 10.1. The van der Waals surface area contributed by atoms with Gasteiger partial charge in [0.25, 0.3) is 0 Å². The summed E-state index contributed by atoms with van der Waals surface area (Å²) in [4.78, 5) is 9.18. The number of nitrogens with one attached hydrogen (secondary N) is 2. The Kier molecular flexibility index (Phi) is 9.33. The Hall–Kier alpha value is -3.63. The van der Waals surface area contributed by atoms with Crippen molar-refractivity contribution in [1.82, 2.24) is 14.3 Å². The first-order valence-electron chi connectivity index (χ1n) is 13.5. The molecule has 0 amide bonds. The molecular formula is C31H31Cl2N5O3S. The standard InChI is InChI=1S/C31H31Cl2N5O3S/c1-21-18-31(27-20-23(33)5-11-30(27)37-21)36-15-17-38(42(39,40)25-8-6-24(41-2)7-9-25)16-3-13-34-29-12-14-35-28-10-4-22(32)19-26(28)29/h4-12,14,18-20H,3,13,15-17H2,1-2H3,(H,34,35)(H,36,37). The van der Waals surface area contributed by atoms with E-state index in [0.717, 1.165) is 38.9 Å².